The number of hydrogen-bond acceptors (Lipinski definition) is 4. The van der Waals surface area contributed by atoms with E-state index >= 15 is 0 Å². The number of aliphatic carboxylic acids is 1. The van der Waals surface area contributed by atoms with Gasteiger partial charge >= 0.3 is 11.9 Å². The summed E-state index contributed by atoms with van der Waals surface area (Å²) in [6.45, 7) is 3.79. The Kier molecular flexibility index (Phi) is 3.75. The van der Waals surface area contributed by atoms with Crippen molar-refractivity contribution in [2.45, 2.75) is 25.8 Å². The van der Waals surface area contributed by atoms with E-state index in [1.165, 1.54) is 6.07 Å². The second kappa shape index (κ2) is 5.60. The van der Waals surface area contributed by atoms with Gasteiger partial charge in [-0.05, 0) is 19.1 Å². The average molecular weight is 322 g/mol. The van der Waals surface area contributed by atoms with Gasteiger partial charge < -0.3 is 14.6 Å². The zero-order valence-corrected chi connectivity index (χ0v) is 12.5. The van der Waals surface area contributed by atoms with Crippen LogP contribution >= 0.6 is 0 Å². The summed E-state index contributed by atoms with van der Waals surface area (Å²) in [5.41, 5.74) is 0.204. The third kappa shape index (κ3) is 2.88. The Labute approximate surface area is 131 Å². The first-order valence-electron chi connectivity index (χ1n) is 7.24. The minimum atomic E-state index is -3.99. The van der Waals surface area contributed by atoms with Crippen molar-refractivity contribution in [1.82, 2.24) is 14.5 Å². The minimum absolute atomic E-state index is 0.353. The molecule has 0 radical (unpaired) electrons. The van der Waals surface area contributed by atoms with Gasteiger partial charge in [-0.3, -0.25) is 0 Å². The summed E-state index contributed by atoms with van der Waals surface area (Å²) in [5.74, 6) is -4.89. The lowest BCUT2D eigenvalue weighted by Gasteiger charge is -2.22. The van der Waals surface area contributed by atoms with Gasteiger partial charge in [-0.2, -0.15) is 8.78 Å². The van der Waals surface area contributed by atoms with Crippen LogP contribution in [0.15, 0.2) is 24.4 Å². The number of carbonyl (C=O) groups is 1. The number of carboxylic acid groups (broad SMARTS) is 1. The molecule has 1 N–H and O–H groups in total. The van der Waals surface area contributed by atoms with Crippen LogP contribution in [-0.4, -0.2) is 38.7 Å². The molecule has 0 aliphatic carbocycles. The maximum absolute atomic E-state index is 13.6. The molecule has 2 aromatic heterocycles. The lowest BCUT2D eigenvalue weighted by Crippen LogP contribution is -2.30. The summed E-state index contributed by atoms with van der Waals surface area (Å²) in [7, 11) is 0. The first-order chi connectivity index (χ1) is 10.9. The molecule has 1 aliphatic heterocycles. The number of rotatable bonds is 3. The monoisotopic (exact) mass is 322 g/mol. The van der Waals surface area contributed by atoms with Crippen molar-refractivity contribution in [3.05, 3.63) is 41.6 Å². The third-order valence-electron chi connectivity index (χ3n) is 3.84. The van der Waals surface area contributed by atoms with Crippen LogP contribution in [0.4, 0.5) is 14.6 Å². The summed E-state index contributed by atoms with van der Waals surface area (Å²) >= 11 is 0. The molecule has 0 saturated heterocycles. The van der Waals surface area contributed by atoms with Crippen molar-refractivity contribution < 1.29 is 18.7 Å². The number of hydrogen-bond donors (Lipinski definition) is 1. The van der Waals surface area contributed by atoms with E-state index in [4.69, 9.17) is 5.11 Å². The van der Waals surface area contributed by atoms with Crippen LogP contribution in [0.5, 0.6) is 0 Å². The van der Waals surface area contributed by atoms with Crippen LogP contribution < -0.4 is 4.90 Å². The normalized spacial score (nSPS) is 15.2. The maximum atomic E-state index is 13.6. The third-order valence-corrected chi connectivity index (χ3v) is 3.84. The summed E-state index contributed by atoms with van der Waals surface area (Å²) in [6.07, 6.45) is 2.64. The summed E-state index contributed by atoms with van der Waals surface area (Å²) in [5, 5.41) is 8.64. The highest BCUT2D eigenvalue weighted by molar-refractivity contribution is 5.76. The fourth-order valence-electron chi connectivity index (χ4n) is 2.68. The van der Waals surface area contributed by atoms with Crippen molar-refractivity contribution in [3.8, 4) is 0 Å². The van der Waals surface area contributed by atoms with Crippen molar-refractivity contribution in [1.29, 1.82) is 0 Å². The Morgan fingerprint density at radius 1 is 1.26 bits per heavy atom. The Morgan fingerprint density at radius 3 is 2.78 bits per heavy atom. The van der Waals surface area contributed by atoms with Gasteiger partial charge in [0, 0.05) is 32.3 Å². The van der Waals surface area contributed by atoms with E-state index in [0.29, 0.717) is 31.9 Å². The number of pyridine rings is 1. The van der Waals surface area contributed by atoms with Crippen LogP contribution in [0.1, 0.15) is 17.2 Å². The van der Waals surface area contributed by atoms with Crippen molar-refractivity contribution in [2.24, 2.45) is 0 Å². The van der Waals surface area contributed by atoms with Gasteiger partial charge in [-0.1, -0.05) is 6.07 Å². The number of halogens is 2. The van der Waals surface area contributed by atoms with E-state index in [-0.39, 0.29) is 0 Å². The van der Waals surface area contributed by atoms with Crippen molar-refractivity contribution in [2.75, 3.05) is 18.0 Å². The lowest BCUT2D eigenvalue weighted by molar-refractivity contribution is -0.166. The van der Waals surface area contributed by atoms with Crippen LogP contribution in [0, 0.1) is 6.92 Å². The highest BCUT2D eigenvalue weighted by Crippen LogP contribution is 2.28. The fourth-order valence-corrected chi connectivity index (χ4v) is 2.68. The van der Waals surface area contributed by atoms with Gasteiger partial charge in [-0.25, -0.2) is 14.8 Å². The van der Waals surface area contributed by atoms with Crippen LogP contribution in [0.2, 0.25) is 0 Å². The number of nitrogens with zero attached hydrogens (tertiary/aromatic N) is 4. The first-order valence-corrected chi connectivity index (χ1v) is 7.24. The second-order valence-electron chi connectivity index (χ2n) is 5.49. The molecule has 3 heterocycles. The van der Waals surface area contributed by atoms with E-state index in [0.717, 1.165) is 17.6 Å². The SMILES string of the molecule is Cc1cn2c(n1)CCN(c1cccc(C(F)(F)C(=O)O)n1)CC2. The molecule has 23 heavy (non-hydrogen) atoms. The average Bonchev–Trinajstić information content (AvgIpc) is 2.76. The number of aromatic nitrogens is 3. The van der Waals surface area contributed by atoms with E-state index in [1.807, 2.05) is 22.6 Å². The number of fused-ring (bicyclic) bond motifs is 1. The first kappa shape index (κ1) is 15.4. The Morgan fingerprint density at radius 2 is 2.04 bits per heavy atom. The fraction of sp³-hybridized carbons (Fsp3) is 0.400. The van der Waals surface area contributed by atoms with Crippen LogP contribution in [0.25, 0.3) is 0 Å². The molecule has 0 spiro atoms. The number of anilines is 1. The summed E-state index contributed by atoms with van der Waals surface area (Å²) in [6, 6.07) is 4.05. The lowest BCUT2D eigenvalue weighted by atomic mass is 10.2. The minimum Gasteiger partial charge on any atom is -0.476 e. The van der Waals surface area contributed by atoms with Crippen LogP contribution in [-0.2, 0) is 23.7 Å². The van der Waals surface area contributed by atoms with Gasteiger partial charge in [0.1, 0.15) is 17.3 Å². The molecule has 6 nitrogen and oxygen atoms in total. The highest BCUT2D eigenvalue weighted by atomic mass is 19.3. The molecule has 0 unspecified atom stereocenters. The molecular formula is C15H16F2N4O2. The molecule has 2 aromatic rings. The number of aryl methyl sites for hydroxylation is 1. The molecule has 1 aliphatic rings. The Balaban J connectivity index is 1.83. The molecule has 0 bridgehead atoms. The number of carboxylic acids is 1. The van der Waals surface area contributed by atoms with Gasteiger partial charge in [-0.15, -0.1) is 0 Å². The Hall–Kier alpha value is -2.51. The molecule has 0 atom stereocenters. The molecule has 0 fully saturated rings. The zero-order valence-electron chi connectivity index (χ0n) is 12.5. The van der Waals surface area contributed by atoms with E-state index < -0.39 is 17.6 Å². The molecule has 3 rings (SSSR count). The quantitative estimate of drug-likeness (QED) is 0.933. The maximum Gasteiger partial charge on any atom is 0.384 e. The van der Waals surface area contributed by atoms with Crippen LogP contribution in [0.3, 0.4) is 0 Å². The predicted octanol–water partition coefficient (Wildman–Crippen LogP) is 1.83. The number of alkyl halides is 2. The molecular weight excluding hydrogens is 306 g/mol. The smallest absolute Gasteiger partial charge is 0.384 e. The number of imidazole rings is 1. The van der Waals surface area contributed by atoms with Gasteiger partial charge in [0.2, 0.25) is 0 Å². The highest BCUT2D eigenvalue weighted by Gasteiger charge is 2.43. The zero-order chi connectivity index (χ0) is 16.6. The van der Waals surface area contributed by atoms with Gasteiger partial charge in [0.15, 0.2) is 0 Å². The van der Waals surface area contributed by atoms with E-state index in [9.17, 15) is 13.6 Å². The molecule has 0 aromatic carbocycles. The van der Waals surface area contributed by atoms with E-state index in [2.05, 4.69) is 9.97 Å². The summed E-state index contributed by atoms with van der Waals surface area (Å²) in [4.78, 5) is 20.9. The summed E-state index contributed by atoms with van der Waals surface area (Å²) < 4.78 is 29.3. The van der Waals surface area contributed by atoms with Crippen molar-refractivity contribution in [3.63, 3.8) is 0 Å². The molecule has 122 valence electrons. The molecule has 0 amide bonds. The molecule has 8 heteroatoms. The largest absolute Gasteiger partial charge is 0.476 e. The predicted molar refractivity (Wildman–Crippen MR) is 78.6 cm³/mol. The molecule has 0 saturated carbocycles. The van der Waals surface area contributed by atoms with Crippen molar-refractivity contribution >= 4 is 11.8 Å². The van der Waals surface area contributed by atoms with E-state index in [1.54, 1.807) is 6.07 Å². The van der Waals surface area contributed by atoms with Gasteiger partial charge in [0.05, 0.1) is 5.69 Å². The topological polar surface area (TPSA) is 71.2 Å². The Bertz CT molecular complexity index is 719. The van der Waals surface area contributed by atoms with Gasteiger partial charge in [0.25, 0.3) is 0 Å². The standard InChI is InChI=1S/C15H16F2N4O2/c1-10-9-21-8-7-20(6-5-13(21)18-10)12-4-2-3-11(19-12)15(16,17)14(22)23/h2-4,9H,5-8H2,1H3,(H,22,23). The second-order valence-corrected chi connectivity index (χ2v) is 5.49.